The Bertz CT molecular complexity index is 673. The fourth-order valence-electron chi connectivity index (χ4n) is 1.78. The molecule has 4 nitrogen and oxygen atoms in total. The Balaban J connectivity index is 2.14. The summed E-state index contributed by atoms with van der Waals surface area (Å²) in [5.74, 6) is 6.10. The largest absolute Gasteiger partial charge is 0.483 e. The molecule has 0 unspecified atom stereocenters. The van der Waals surface area contributed by atoms with Crippen LogP contribution in [-0.2, 0) is 6.61 Å². The molecule has 0 aliphatic heterocycles. The van der Waals surface area contributed by atoms with Crippen LogP contribution in [-0.4, -0.2) is 20.6 Å². The van der Waals surface area contributed by atoms with E-state index in [2.05, 4.69) is 21.9 Å². The summed E-state index contributed by atoms with van der Waals surface area (Å²) in [4.78, 5) is 4.11. The van der Waals surface area contributed by atoms with E-state index in [1.54, 1.807) is 16.8 Å². The molecule has 110 valence electrons. The van der Waals surface area contributed by atoms with Gasteiger partial charge in [0.25, 0.3) is 0 Å². The molecule has 0 amide bonds. The van der Waals surface area contributed by atoms with Crippen molar-refractivity contribution in [2.24, 2.45) is 0 Å². The van der Waals surface area contributed by atoms with Crippen LogP contribution in [0.25, 0.3) is 0 Å². The molecule has 2 rings (SSSR count). The summed E-state index contributed by atoms with van der Waals surface area (Å²) >= 11 is 5.50. The van der Waals surface area contributed by atoms with Crippen LogP contribution in [0.5, 0.6) is 5.75 Å². The van der Waals surface area contributed by atoms with Gasteiger partial charge in [-0.15, -0.1) is 11.6 Å². The molecule has 0 saturated heterocycles. The molecule has 0 saturated carbocycles. The third-order valence-corrected chi connectivity index (χ3v) is 2.86. The van der Waals surface area contributed by atoms with E-state index in [4.69, 9.17) is 16.3 Å². The average Bonchev–Trinajstić information content (AvgIpc) is 2.93. The van der Waals surface area contributed by atoms with Crippen LogP contribution < -0.4 is 4.74 Å². The van der Waals surface area contributed by atoms with Gasteiger partial charge in [-0.25, -0.2) is 14.1 Å². The number of rotatable bonds is 4. The maximum atomic E-state index is 13.7. The Kier molecular flexibility index (Phi) is 5.18. The minimum atomic E-state index is -0.443. The van der Waals surface area contributed by atoms with E-state index in [0.29, 0.717) is 11.4 Å². The van der Waals surface area contributed by atoms with E-state index in [0.717, 1.165) is 0 Å². The van der Waals surface area contributed by atoms with Crippen molar-refractivity contribution in [3.05, 3.63) is 41.7 Å². The molecule has 0 spiro atoms. The molecule has 1 heterocycles. The van der Waals surface area contributed by atoms with Crippen molar-refractivity contribution in [3.8, 4) is 17.6 Å². The molecule has 0 radical (unpaired) electrons. The molecule has 0 bridgehead atoms. The summed E-state index contributed by atoms with van der Waals surface area (Å²) < 4.78 is 21.0. The zero-order valence-electron chi connectivity index (χ0n) is 11.8. The van der Waals surface area contributed by atoms with Gasteiger partial charge in [-0.2, -0.15) is 5.10 Å². The Labute approximate surface area is 127 Å². The molecule has 0 atom stereocenters. The fourth-order valence-corrected chi connectivity index (χ4v) is 1.84. The van der Waals surface area contributed by atoms with Crippen molar-refractivity contribution < 1.29 is 9.13 Å². The Morgan fingerprint density at radius 1 is 1.43 bits per heavy atom. The Hall–Kier alpha value is -2.06. The van der Waals surface area contributed by atoms with E-state index < -0.39 is 5.82 Å². The summed E-state index contributed by atoms with van der Waals surface area (Å²) in [6.07, 6.45) is 1.46. The molecular weight excluding hydrogens is 293 g/mol. The van der Waals surface area contributed by atoms with Gasteiger partial charge in [-0.1, -0.05) is 11.8 Å². The zero-order chi connectivity index (χ0) is 15.2. The Morgan fingerprint density at radius 3 is 2.95 bits per heavy atom. The molecule has 2 aromatic rings. The number of hydrogen-bond acceptors (Lipinski definition) is 3. The van der Waals surface area contributed by atoms with E-state index in [9.17, 15) is 4.39 Å². The zero-order valence-corrected chi connectivity index (χ0v) is 12.6. The monoisotopic (exact) mass is 307 g/mol. The summed E-state index contributed by atoms with van der Waals surface area (Å²) in [6.45, 7) is 4.11. The Morgan fingerprint density at radius 2 is 2.24 bits per heavy atom. The van der Waals surface area contributed by atoms with Crippen molar-refractivity contribution in [2.75, 3.05) is 5.88 Å². The first-order valence-corrected chi connectivity index (χ1v) is 7.01. The minimum absolute atomic E-state index is 0.134. The van der Waals surface area contributed by atoms with Gasteiger partial charge in [-0.3, -0.25) is 0 Å². The minimum Gasteiger partial charge on any atom is -0.483 e. The third-order valence-electron chi connectivity index (χ3n) is 2.72. The first-order valence-electron chi connectivity index (χ1n) is 6.47. The first kappa shape index (κ1) is 15.3. The summed E-state index contributed by atoms with van der Waals surface area (Å²) in [7, 11) is 0. The second kappa shape index (κ2) is 7.09. The normalized spacial score (nSPS) is 10.3. The third kappa shape index (κ3) is 3.96. The lowest BCUT2D eigenvalue weighted by atomic mass is 10.2. The second-order valence-corrected chi connectivity index (χ2v) is 4.85. The van der Waals surface area contributed by atoms with Crippen molar-refractivity contribution in [1.82, 2.24) is 14.8 Å². The molecule has 21 heavy (non-hydrogen) atoms. The lowest BCUT2D eigenvalue weighted by molar-refractivity contribution is 0.269. The highest BCUT2D eigenvalue weighted by molar-refractivity contribution is 6.19. The van der Waals surface area contributed by atoms with Crippen molar-refractivity contribution in [1.29, 1.82) is 0 Å². The van der Waals surface area contributed by atoms with Crippen LogP contribution in [0.4, 0.5) is 4.39 Å². The standard InChI is InChI=1S/C15H15ClFN3O/c1-11(2)20-15(18-10-19-20)9-21-14-8-12(4-3-7-16)5-6-13(14)17/h5-6,8,10-11H,7,9H2,1-2H3. The summed E-state index contributed by atoms with van der Waals surface area (Å²) in [5, 5.41) is 4.10. The van der Waals surface area contributed by atoms with Gasteiger partial charge in [-0.05, 0) is 32.0 Å². The van der Waals surface area contributed by atoms with Crippen LogP contribution in [0.2, 0.25) is 0 Å². The average molecular weight is 308 g/mol. The SMILES string of the molecule is CC(C)n1ncnc1COc1cc(C#CCCl)ccc1F. The smallest absolute Gasteiger partial charge is 0.165 e. The van der Waals surface area contributed by atoms with E-state index >= 15 is 0 Å². The van der Waals surface area contributed by atoms with Gasteiger partial charge < -0.3 is 4.74 Å². The number of aromatic nitrogens is 3. The van der Waals surface area contributed by atoms with Gasteiger partial charge in [0.2, 0.25) is 0 Å². The molecule has 6 heteroatoms. The number of benzene rings is 1. The van der Waals surface area contributed by atoms with Crippen molar-refractivity contribution >= 4 is 11.6 Å². The van der Waals surface area contributed by atoms with Gasteiger partial charge in [0.1, 0.15) is 12.9 Å². The second-order valence-electron chi connectivity index (χ2n) is 4.58. The molecule has 0 N–H and O–H groups in total. The van der Waals surface area contributed by atoms with Gasteiger partial charge >= 0.3 is 0 Å². The predicted molar refractivity (Wildman–Crippen MR) is 78.7 cm³/mol. The predicted octanol–water partition coefficient (Wildman–Crippen LogP) is 3.17. The highest BCUT2D eigenvalue weighted by atomic mass is 35.5. The first-order chi connectivity index (χ1) is 10.1. The van der Waals surface area contributed by atoms with E-state index in [-0.39, 0.29) is 24.3 Å². The van der Waals surface area contributed by atoms with Crippen LogP contribution >= 0.6 is 11.6 Å². The quantitative estimate of drug-likeness (QED) is 0.643. The molecule has 0 fully saturated rings. The highest BCUT2D eigenvalue weighted by Crippen LogP contribution is 2.20. The number of alkyl halides is 1. The van der Waals surface area contributed by atoms with Gasteiger partial charge in [0.15, 0.2) is 17.4 Å². The number of nitrogens with zero attached hydrogens (tertiary/aromatic N) is 3. The number of halogens is 2. The summed E-state index contributed by atoms with van der Waals surface area (Å²) in [5.41, 5.74) is 0.650. The lowest BCUT2D eigenvalue weighted by Crippen LogP contribution is -2.11. The lowest BCUT2D eigenvalue weighted by Gasteiger charge is -2.11. The van der Waals surface area contributed by atoms with Gasteiger partial charge in [0.05, 0.1) is 5.88 Å². The van der Waals surface area contributed by atoms with Gasteiger partial charge in [0, 0.05) is 11.6 Å². The highest BCUT2D eigenvalue weighted by Gasteiger charge is 2.10. The van der Waals surface area contributed by atoms with Crippen LogP contribution in [0.1, 0.15) is 31.3 Å². The van der Waals surface area contributed by atoms with E-state index in [1.165, 1.54) is 12.4 Å². The fraction of sp³-hybridized carbons (Fsp3) is 0.333. The van der Waals surface area contributed by atoms with Crippen LogP contribution in [0.3, 0.4) is 0 Å². The van der Waals surface area contributed by atoms with E-state index in [1.807, 2.05) is 13.8 Å². The van der Waals surface area contributed by atoms with Crippen LogP contribution in [0, 0.1) is 17.7 Å². The van der Waals surface area contributed by atoms with Crippen molar-refractivity contribution in [2.45, 2.75) is 26.5 Å². The molecule has 0 aliphatic rings. The molecule has 0 aliphatic carbocycles. The molecule has 1 aromatic heterocycles. The number of hydrogen-bond donors (Lipinski definition) is 0. The maximum Gasteiger partial charge on any atom is 0.165 e. The van der Waals surface area contributed by atoms with Crippen molar-refractivity contribution in [3.63, 3.8) is 0 Å². The molecule has 1 aromatic carbocycles. The maximum absolute atomic E-state index is 13.7. The van der Waals surface area contributed by atoms with Crippen LogP contribution in [0.15, 0.2) is 24.5 Å². The topological polar surface area (TPSA) is 39.9 Å². The summed E-state index contributed by atoms with van der Waals surface area (Å²) in [6, 6.07) is 4.61. The molecular formula is C15H15ClFN3O. The number of ether oxygens (including phenoxy) is 1.